The van der Waals surface area contributed by atoms with Crippen molar-refractivity contribution < 1.29 is 14.7 Å². The summed E-state index contributed by atoms with van der Waals surface area (Å²) in [7, 11) is 1.69. The van der Waals surface area contributed by atoms with Crippen LogP contribution in [-0.4, -0.2) is 41.6 Å². The van der Waals surface area contributed by atoms with Crippen LogP contribution in [0.3, 0.4) is 0 Å². The lowest BCUT2D eigenvalue weighted by atomic mass is 10.0. The van der Waals surface area contributed by atoms with E-state index in [0.29, 0.717) is 18.9 Å². The number of rotatable bonds is 7. The van der Waals surface area contributed by atoms with Crippen molar-refractivity contribution in [3.63, 3.8) is 0 Å². The molecule has 2 atom stereocenters. The zero-order valence-corrected chi connectivity index (χ0v) is 12.1. The number of carboxylic acids is 1. The minimum absolute atomic E-state index is 0.228. The number of hydrogen-bond donors (Lipinski definition) is 2. The Labute approximate surface area is 110 Å². The van der Waals surface area contributed by atoms with Crippen LogP contribution in [0, 0.1) is 11.8 Å². The summed E-state index contributed by atoms with van der Waals surface area (Å²) in [6, 6.07) is -1.12. The molecule has 2 amide bonds. The molecule has 0 aromatic carbocycles. The van der Waals surface area contributed by atoms with Gasteiger partial charge in [0.2, 0.25) is 0 Å². The number of aliphatic carboxylic acids is 1. The molecule has 1 unspecified atom stereocenters. The minimum Gasteiger partial charge on any atom is -0.480 e. The zero-order chi connectivity index (χ0) is 14.3. The Balaban J connectivity index is 4.36. The Bertz CT molecular complexity index is 279. The molecular formula is C13H26N2O3. The van der Waals surface area contributed by atoms with Gasteiger partial charge < -0.3 is 15.3 Å². The molecule has 0 aromatic rings. The van der Waals surface area contributed by atoms with Crippen molar-refractivity contribution in [3.8, 4) is 0 Å². The SMILES string of the molecule is CCC(C)CN(C)C(=O)N[C@H](CC(C)C)C(=O)O. The number of amides is 2. The molecule has 0 radical (unpaired) electrons. The van der Waals surface area contributed by atoms with Gasteiger partial charge >= 0.3 is 12.0 Å². The largest absolute Gasteiger partial charge is 0.480 e. The van der Waals surface area contributed by atoms with E-state index >= 15 is 0 Å². The van der Waals surface area contributed by atoms with Crippen molar-refractivity contribution in [2.24, 2.45) is 11.8 Å². The van der Waals surface area contributed by atoms with Gasteiger partial charge in [-0.25, -0.2) is 9.59 Å². The smallest absolute Gasteiger partial charge is 0.326 e. The van der Waals surface area contributed by atoms with Crippen LogP contribution >= 0.6 is 0 Å². The monoisotopic (exact) mass is 258 g/mol. The molecule has 0 aromatic heterocycles. The van der Waals surface area contributed by atoms with E-state index < -0.39 is 12.0 Å². The minimum atomic E-state index is -0.978. The fraction of sp³-hybridized carbons (Fsp3) is 0.846. The summed E-state index contributed by atoms with van der Waals surface area (Å²) in [6.45, 7) is 8.63. The second-order valence-corrected chi connectivity index (χ2v) is 5.36. The van der Waals surface area contributed by atoms with Gasteiger partial charge in [-0.3, -0.25) is 0 Å². The molecule has 5 nitrogen and oxygen atoms in total. The summed E-state index contributed by atoms with van der Waals surface area (Å²) in [4.78, 5) is 24.4. The van der Waals surface area contributed by atoms with Gasteiger partial charge in [-0.2, -0.15) is 0 Å². The summed E-state index contributed by atoms with van der Waals surface area (Å²) in [6.07, 6.45) is 1.43. The van der Waals surface area contributed by atoms with Gasteiger partial charge in [-0.1, -0.05) is 34.1 Å². The van der Waals surface area contributed by atoms with Crippen LogP contribution in [0.15, 0.2) is 0 Å². The quantitative estimate of drug-likeness (QED) is 0.735. The summed E-state index contributed by atoms with van der Waals surface area (Å²) in [5.74, 6) is -0.339. The zero-order valence-electron chi connectivity index (χ0n) is 12.1. The fourth-order valence-electron chi connectivity index (χ4n) is 1.63. The van der Waals surface area contributed by atoms with Crippen LogP contribution in [0.4, 0.5) is 4.79 Å². The highest BCUT2D eigenvalue weighted by Gasteiger charge is 2.22. The van der Waals surface area contributed by atoms with Gasteiger partial charge in [0, 0.05) is 13.6 Å². The van der Waals surface area contributed by atoms with Crippen molar-refractivity contribution in [2.45, 2.75) is 46.6 Å². The van der Waals surface area contributed by atoms with Gasteiger partial charge in [0.15, 0.2) is 0 Å². The number of hydrogen-bond acceptors (Lipinski definition) is 2. The Morgan fingerprint density at radius 1 is 1.28 bits per heavy atom. The van der Waals surface area contributed by atoms with Gasteiger partial charge in [0.1, 0.15) is 6.04 Å². The molecule has 0 heterocycles. The molecule has 5 heteroatoms. The van der Waals surface area contributed by atoms with Gasteiger partial charge in [0.05, 0.1) is 0 Å². The third-order valence-corrected chi connectivity index (χ3v) is 2.93. The summed E-state index contributed by atoms with van der Waals surface area (Å²) in [5.41, 5.74) is 0. The first kappa shape index (κ1) is 16.7. The lowest BCUT2D eigenvalue weighted by Gasteiger charge is -2.24. The van der Waals surface area contributed by atoms with E-state index in [0.717, 1.165) is 6.42 Å². The molecule has 0 aliphatic carbocycles. The lowest BCUT2D eigenvalue weighted by molar-refractivity contribution is -0.139. The fourth-order valence-corrected chi connectivity index (χ4v) is 1.63. The number of carboxylic acid groups (broad SMARTS) is 1. The molecule has 0 fully saturated rings. The summed E-state index contributed by atoms with van der Waals surface area (Å²) < 4.78 is 0. The third kappa shape index (κ3) is 6.47. The Morgan fingerprint density at radius 3 is 2.22 bits per heavy atom. The van der Waals surface area contributed by atoms with E-state index in [4.69, 9.17) is 5.11 Å². The van der Waals surface area contributed by atoms with Gasteiger partial charge in [0.25, 0.3) is 0 Å². The number of urea groups is 1. The van der Waals surface area contributed by atoms with Crippen molar-refractivity contribution in [2.75, 3.05) is 13.6 Å². The third-order valence-electron chi connectivity index (χ3n) is 2.93. The number of nitrogens with one attached hydrogen (secondary N) is 1. The van der Waals surface area contributed by atoms with Crippen LogP contribution in [0.5, 0.6) is 0 Å². The van der Waals surface area contributed by atoms with E-state index in [-0.39, 0.29) is 11.9 Å². The van der Waals surface area contributed by atoms with Crippen molar-refractivity contribution >= 4 is 12.0 Å². The van der Waals surface area contributed by atoms with Crippen molar-refractivity contribution in [3.05, 3.63) is 0 Å². The predicted molar refractivity (Wildman–Crippen MR) is 71.5 cm³/mol. The average Bonchev–Trinajstić information content (AvgIpc) is 2.26. The topological polar surface area (TPSA) is 69.6 Å². The molecule has 0 saturated heterocycles. The Hall–Kier alpha value is -1.26. The molecule has 0 bridgehead atoms. The van der Waals surface area contributed by atoms with Crippen LogP contribution in [0.25, 0.3) is 0 Å². The number of nitrogens with zero attached hydrogens (tertiary/aromatic N) is 1. The standard InChI is InChI=1S/C13H26N2O3/c1-6-10(4)8-15(5)13(18)14-11(12(16)17)7-9(2)3/h9-11H,6-8H2,1-5H3,(H,14,18)(H,16,17)/t10?,11-/m1/s1. The lowest BCUT2D eigenvalue weighted by Crippen LogP contribution is -2.48. The predicted octanol–water partition coefficient (Wildman–Crippen LogP) is 2.17. The average molecular weight is 258 g/mol. The Morgan fingerprint density at radius 2 is 1.83 bits per heavy atom. The molecule has 106 valence electrons. The van der Waals surface area contributed by atoms with Gasteiger partial charge in [-0.05, 0) is 18.3 Å². The van der Waals surface area contributed by atoms with Gasteiger partial charge in [-0.15, -0.1) is 0 Å². The van der Waals surface area contributed by atoms with Crippen molar-refractivity contribution in [1.29, 1.82) is 0 Å². The molecule has 0 aliphatic heterocycles. The second-order valence-electron chi connectivity index (χ2n) is 5.36. The molecule has 0 saturated carbocycles. The maximum absolute atomic E-state index is 11.8. The van der Waals surface area contributed by atoms with Crippen LogP contribution in [0.1, 0.15) is 40.5 Å². The first-order valence-electron chi connectivity index (χ1n) is 6.52. The normalized spacial score (nSPS) is 14.1. The van der Waals surface area contributed by atoms with Crippen LogP contribution in [-0.2, 0) is 4.79 Å². The van der Waals surface area contributed by atoms with E-state index in [2.05, 4.69) is 19.2 Å². The maximum atomic E-state index is 11.8. The first-order valence-corrected chi connectivity index (χ1v) is 6.52. The van der Waals surface area contributed by atoms with E-state index in [9.17, 15) is 9.59 Å². The van der Waals surface area contributed by atoms with E-state index in [1.165, 1.54) is 0 Å². The summed E-state index contributed by atoms with van der Waals surface area (Å²) >= 11 is 0. The highest BCUT2D eigenvalue weighted by atomic mass is 16.4. The molecule has 0 rings (SSSR count). The van der Waals surface area contributed by atoms with E-state index in [1.807, 2.05) is 13.8 Å². The summed E-state index contributed by atoms with van der Waals surface area (Å²) in [5, 5.41) is 11.6. The number of carbonyl (C=O) groups is 2. The Kier molecular flexibility index (Phi) is 7.39. The first-order chi connectivity index (χ1) is 8.27. The number of carbonyl (C=O) groups excluding carboxylic acids is 1. The van der Waals surface area contributed by atoms with E-state index in [1.54, 1.807) is 11.9 Å². The highest BCUT2D eigenvalue weighted by Crippen LogP contribution is 2.07. The maximum Gasteiger partial charge on any atom is 0.326 e. The van der Waals surface area contributed by atoms with Crippen molar-refractivity contribution in [1.82, 2.24) is 10.2 Å². The highest BCUT2D eigenvalue weighted by molar-refractivity contribution is 5.82. The second kappa shape index (κ2) is 7.95. The molecule has 0 spiro atoms. The molecule has 2 N–H and O–H groups in total. The molecule has 0 aliphatic rings. The van der Waals surface area contributed by atoms with Crippen LogP contribution in [0.2, 0.25) is 0 Å². The van der Waals surface area contributed by atoms with Crippen LogP contribution < -0.4 is 5.32 Å². The molecular weight excluding hydrogens is 232 g/mol. The molecule has 18 heavy (non-hydrogen) atoms.